The Hall–Kier alpha value is -0.730. The molecule has 0 aliphatic heterocycles. The van der Waals surface area contributed by atoms with Crippen molar-refractivity contribution < 1.29 is 17.2 Å². The number of nitrogens with one attached hydrogen (secondary N) is 2. The van der Waals surface area contributed by atoms with Crippen LogP contribution in [0.4, 0.5) is 14.5 Å². The van der Waals surface area contributed by atoms with Crippen LogP contribution in [-0.2, 0) is 10.0 Å². The van der Waals surface area contributed by atoms with E-state index in [1.807, 2.05) is 11.6 Å². The van der Waals surface area contributed by atoms with E-state index in [0.29, 0.717) is 12.8 Å². The Labute approximate surface area is 132 Å². The monoisotopic (exact) mass is 384 g/mol. The SMILES string of the molecule is CCCNCCCCS(=O)(=O)Nc1c(F)cc(Br)cc1F. The van der Waals surface area contributed by atoms with Crippen LogP contribution in [0.3, 0.4) is 0 Å². The summed E-state index contributed by atoms with van der Waals surface area (Å²) >= 11 is 2.93. The number of unbranched alkanes of at least 4 members (excludes halogenated alkanes) is 1. The van der Waals surface area contributed by atoms with E-state index >= 15 is 0 Å². The van der Waals surface area contributed by atoms with Gasteiger partial charge in [-0.1, -0.05) is 22.9 Å². The Balaban J connectivity index is 2.53. The molecule has 0 heterocycles. The highest BCUT2D eigenvalue weighted by molar-refractivity contribution is 9.10. The van der Waals surface area contributed by atoms with Crippen LogP contribution in [0.25, 0.3) is 0 Å². The molecule has 0 aromatic heterocycles. The normalized spacial score (nSPS) is 11.6. The summed E-state index contributed by atoms with van der Waals surface area (Å²) in [4.78, 5) is 0. The zero-order valence-corrected chi connectivity index (χ0v) is 14.2. The van der Waals surface area contributed by atoms with Crippen LogP contribution in [0, 0.1) is 11.6 Å². The lowest BCUT2D eigenvalue weighted by Gasteiger charge is -2.10. The highest BCUT2D eigenvalue weighted by atomic mass is 79.9. The Morgan fingerprint density at radius 1 is 1.14 bits per heavy atom. The maximum absolute atomic E-state index is 13.6. The highest BCUT2D eigenvalue weighted by Gasteiger charge is 2.17. The second kappa shape index (κ2) is 8.65. The molecule has 1 aromatic rings. The molecule has 2 N–H and O–H groups in total. The number of hydrogen-bond acceptors (Lipinski definition) is 3. The third-order valence-corrected chi connectivity index (χ3v) is 4.51. The van der Waals surface area contributed by atoms with Crippen molar-refractivity contribution in [2.45, 2.75) is 26.2 Å². The first-order valence-corrected chi connectivity index (χ1v) is 9.16. The number of hydrogen-bond donors (Lipinski definition) is 2. The van der Waals surface area contributed by atoms with Crippen LogP contribution in [0.5, 0.6) is 0 Å². The van der Waals surface area contributed by atoms with E-state index < -0.39 is 27.3 Å². The van der Waals surface area contributed by atoms with Crippen molar-refractivity contribution in [3.8, 4) is 0 Å². The summed E-state index contributed by atoms with van der Waals surface area (Å²) in [5.74, 6) is -2.07. The predicted octanol–water partition coefficient (Wildman–Crippen LogP) is 3.25. The summed E-state index contributed by atoms with van der Waals surface area (Å²) in [6, 6.07) is 2.02. The molecular formula is C13H19BrF2N2O2S. The fourth-order valence-corrected chi connectivity index (χ4v) is 3.28. The van der Waals surface area contributed by atoms with Crippen LogP contribution in [0.15, 0.2) is 16.6 Å². The topological polar surface area (TPSA) is 58.2 Å². The molecule has 0 bridgehead atoms. The molecule has 0 saturated heterocycles. The quantitative estimate of drug-likeness (QED) is 0.642. The molecule has 1 aromatic carbocycles. The Morgan fingerprint density at radius 2 is 1.76 bits per heavy atom. The predicted molar refractivity (Wildman–Crippen MR) is 83.9 cm³/mol. The van der Waals surface area contributed by atoms with Crippen molar-refractivity contribution in [1.29, 1.82) is 0 Å². The molecule has 0 aliphatic carbocycles. The van der Waals surface area contributed by atoms with Crippen LogP contribution in [0.2, 0.25) is 0 Å². The minimum atomic E-state index is -3.76. The molecule has 0 fully saturated rings. The minimum absolute atomic E-state index is 0.171. The van der Waals surface area contributed by atoms with Crippen LogP contribution >= 0.6 is 15.9 Å². The van der Waals surface area contributed by atoms with E-state index in [2.05, 4.69) is 21.2 Å². The van der Waals surface area contributed by atoms with Crippen molar-refractivity contribution in [3.05, 3.63) is 28.2 Å². The van der Waals surface area contributed by atoms with Crippen molar-refractivity contribution >= 4 is 31.6 Å². The van der Waals surface area contributed by atoms with E-state index in [-0.39, 0.29) is 10.2 Å². The van der Waals surface area contributed by atoms with Gasteiger partial charge < -0.3 is 5.32 Å². The number of anilines is 1. The van der Waals surface area contributed by atoms with Crippen molar-refractivity contribution in [2.75, 3.05) is 23.6 Å². The fourth-order valence-electron chi connectivity index (χ4n) is 1.69. The Kier molecular flexibility index (Phi) is 7.55. The fraction of sp³-hybridized carbons (Fsp3) is 0.538. The molecule has 0 spiro atoms. The molecule has 0 radical (unpaired) electrons. The van der Waals surface area contributed by atoms with Gasteiger partial charge in [-0.3, -0.25) is 4.72 Å². The van der Waals surface area contributed by atoms with Gasteiger partial charge in [-0.15, -0.1) is 0 Å². The smallest absolute Gasteiger partial charge is 0.232 e. The van der Waals surface area contributed by atoms with E-state index in [1.54, 1.807) is 0 Å². The Bertz CT molecular complexity index is 544. The number of halogens is 3. The first-order chi connectivity index (χ1) is 9.85. The van der Waals surface area contributed by atoms with E-state index in [0.717, 1.165) is 31.6 Å². The summed E-state index contributed by atoms with van der Waals surface area (Å²) < 4.78 is 52.9. The molecule has 0 amide bonds. The molecule has 4 nitrogen and oxygen atoms in total. The summed E-state index contributed by atoms with van der Waals surface area (Å²) in [7, 11) is -3.76. The van der Waals surface area contributed by atoms with Gasteiger partial charge in [0, 0.05) is 4.47 Å². The van der Waals surface area contributed by atoms with Gasteiger partial charge in [0.05, 0.1) is 5.75 Å². The first-order valence-electron chi connectivity index (χ1n) is 6.71. The second-order valence-corrected chi connectivity index (χ2v) is 7.38. The third kappa shape index (κ3) is 6.71. The zero-order valence-electron chi connectivity index (χ0n) is 11.8. The van der Waals surface area contributed by atoms with Crippen LogP contribution in [0.1, 0.15) is 26.2 Å². The molecule has 0 unspecified atom stereocenters. The molecule has 1 rings (SSSR count). The lowest BCUT2D eigenvalue weighted by atomic mass is 10.3. The largest absolute Gasteiger partial charge is 0.317 e. The summed E-state index contributed by atoms with van der Waals surface area (Å²) in [6.45, 7) is 3.66. The molecule has 21 heavy (non-hydrogen) atoms. The van der Waals surface area contributed by atoms with Crippen LogP contribution in [-0.4, -0.2) is 27.3 Å². The van der Waals surface area contributed by atoms with Crippen LogP contribution < -0.4 is 10.0 Å². The average molecular weight is 385 g/mol. The van der Waals surface area contributed by atoms with Crippen molar-refractivity contribution in [1.82, 2.24) is 5.32 Å². The standard InChI is InChI=1S/C13H19BrF2N2O2S/c1-2-5-17-6-3-4-7-21(19,20)18-13-11(15)8-10(14)9-12(13)16/h8-9,17-18H,2-7H2,1H3. The maximum Gasteiger partial charge on any atom is 0.232 e. The molecule has 8 heteroatoms. The van der Waals surface area contributed by atoms with Gasteiger partial charge in [0.1, 0.15) is 5.69 Å². The summed E-state index contributed by atoms with van der Waals surface area (Å²) in [5, 5.41) is 3.16. The highest BCUT2D eigenvalue weighted by Crippen LogP contribution is 2.24. The van der Waals surface area contributed by atoms with Crippen molar-refractivity contribution in [2.24, 2.45) is 0 Å². The lowest BCUT2D eigenvalue weighted by Crippen LogP contribution is -2.20. The minimum Gasteiger partial charge on any atom is -0.317 e. The summed E-state index contributed by atoms with van der Waals surface area (Å²) in [5.41, 5.74) is -0.637. The van der Waals surface area contributed by atoms with Crippen molar-refractivity contribution in [3.63, 3.8) is 0 Å². The van der Waals surface area contributed by atoms with Gasteiger partial charge in [-0.2, -0.15) is 0 Å². The lowest BCUT2D eigenvalue weighted by molar-refractivity contribution is 0.578. The van der Waals surface area contributed by atoms with Gasteiger partial charge >= 0.3 is 0 Å². The van der Waals surface area contributed by atoms with E-state index in [1.165, 1.54) is 0 Å². The summed E-state index contributed by atoms with van der Waals surface area (Å²) in [6.07, 6.45) is 2.13. The number of sulfonamides is 1. The molecule has 0 saturated carbocycles. The van der Waals surface area contributed by atoms with Gasteiger partial charge in [0.25, 0.3) is 0 Å². The van der Waals surface area contributed by atoms with E-state index in [4.69, 9.17) is 0 Å². The third-order valence-electron chi connectivity index (χ3n) is 2.71. The maximum atomic E-state index is 13.6. The molecule has 0 atom stereocenters. The van der Waals surface area contributed by atoms with Gasteiger partial charge in [0.15, 0.2) is 11.6 Å². The van der Waals surface area contributed by atoms with Gasteiger partial charge in [-0.05, 0) is 44.5 Å². The number of rotatable bonds is 9. The van der Waals surface area contributed by atoms with Gasteiger partial charge in [0.2, 0.25) is 10.0 Å². The molecule has 0 aliphatic rings. The van der Waals surface area contributed by atoms with Gasteiger partial charge in [-0.25, -0.2) is 17.2 Å². The Morgan fingerprint density at radius 3 is 2.33 bits per heavy atom. The molecular weight excluding hydrogens is 366 g/mol. The average Bonchev–Trinajstić information content (AvgIpc) is 2.38. The number of benzene rings is 1. The first kappa shape index (κ1) is 18.3. The molecule has 120 valence electrons. The second-order valence-electron chi connectivity index (χ2n) is 4.62. The zero-order chi connectivity index (χ0) is 15.9. The van der Waals surface area contributed by atoms with E-state index in [9.17, 15) is 17.2 Å².